The topological polar surface area (TPSA) is 24.1 Å². The van der Waals surface area contributed by atoms with Gasteiger partial charge in [0.15, 0.2) is 0 Å². The lowest BCUT2D eigenvalue weighted by molar-refractivity contribution is 0.675. The van der Waals surface area contributed by atoms with Crippen LogP contribution in [0.15, 0.2) is 24.3 Å². The van der Waals surface area contributed by atoms with E-state index in [0.29, 0.717) is 6.04 Å². The molecule has 2 heteroatoms. The van der Waals surface area contributed by atoms with Crippen molar-refractivity contribution < 1.29 is 0 Å². The normalized spacial score (nSPS) is 10.7. The molecule has 0 aromatic heterocycles. The van der Waals surface area contributed by atoms with Crippen molar-refractivity contribution in [1.29, 1.82) is 0 Å². The average Bonchev–Trinajstić information content (AvgIpc) is 2.20. The van der Waals surface area contributed by atoms with Gasteiger partial charge < -0.3 is 10.6 Å². The summed E-state index contributed by atoms with van der Waals surface area (Å²) >= 11 is 0. The van der Waals surface area contributed by atoms with Crippen molar-refractivity contribution in [2.24, 2.45) is 0 Å². The minimum Gasteiger partial charge on any atom is -0.383 e. The summed E-state index contributed by atoms with van der Waals surface area (Å²) in [7, 11) is 0. The maximum Gasteiger partial charge on any atom is 0.0342 e. The lowest BCUT2D eigenvalue weighted by atomic mass is 10.2. The van der Waals surface area contributed by atoms with Gasteiger partial charge in [0.25, 0.3) is 0 Å². The van der Waals surface area contributed by atoms with Crippen molar-refractivity contribution in [3.8, 4) is 0 Å². The molecule has 0 fully saturated rings. The Morgan fingerprint density at radius 1 is 1.13 bits per heavy atom. The molecule has 0 saturated heterocycles. The average molecular weight is 206 g/mol. The van der Waals surface area contributed by atoms with Gasteiger partial charge in [-0.25, -0.2) is 0 Å². The summed E-state index contributed by atoms with van der Waals surface area (Å²) in [5.74, 6) is 0. The second-order valence-corrected chi connectivity index (χ2v) is 4.17. The van der Waals surface area contributed by atoms with Crippen LogP contribution in [0.25, 0.3) is 0 Å². The van der Waals surface area contributed by atoms with Gasteiger partial charge in [-0.05, 0) is 44.5 Å². The first-order valence-corrected chi connectivity index (χ1v) is 5.78. The molecule has 84 valence electrons. The van der Waals surface area contributed by atoms with Crippen molar-refractivity contribution in [2.75, 3.05) is 11.9 Å². The van der Waals surface area contributed by atoms with E-state index in [9.17, 15) is 0 Å². The minimum atomic E-state index is 0.495. The highest BCUT2D eigenvalue weighted by molar-refractivity contribution is 5.45. The summed E-state index contributed by atoms with van der Waals surface area (Å²) in [4.78, 5) is 0. The summed E-state index contributed by atoms with van der Waals surface area (Å²) in [6.45, 7) is 8.54. The summed E-state index contributed by atoms with van der Waals surface area (Å²) in [5, 5.41) is 6.77. The lowest BCUT2D eigenvalue weighted by Gasteiger charge is -2.10. The van der Waals surface area contributed by atoms with Crippen molar-refractivity contribution in [2.45, 2.75) is 39.8 Å². The third-order valence-electron chi connectivity index (χ3n) is 2.17. The van der Waals surface area contributed by atoms with Crippen LogP contribution in [0.1, 0.15) is 32.8 Å². The molecule has 0 heterocycles. The Morgan fingerprint density at radius 3 is 2.33 bits per heavy atom. The van der Waals surface area contributed by atoms with Crippen molar-refractivity contribution in [3.63, 3.8) is 0 Å². The molecule has 0 saturated carbocycles. The Balaban J connectivity index is 2.42. The molecule has 2 nitrogen and oxygen atoms in total. The van der Waals surface area contributed by atoms with Gasteiger partial charge in [0, 0.05) is 18.3 Å². The zero-order chi connectivity index (χ0) is 11.1. The van der Waals surface area contributed by atoms with E-state index in [4.69, 9.17) is 0 Å². The first-order chi connectivity index (χ1) is 7.22. The Kier molecular flexibility index (Phi) is 5.19. The first kappa shape index (κ1) is 12.1. The van der Waals surface area contributed by atoms with Crippen LogP contribution < -0.4 is 10.6 Å². The summed E-state index contributed by atoms with van der Waals surface area (Å²) in [5.41, 5.74) is 2.54. The van der Waals surface area contributed by atoms with Gasteiger partial charge in [0.1, 0.15) is 0 Å². The Labute approximate surface area is 93.1 Å². The Bertz CT molecular complexity index is 264. The van der Waals surface area contributed by atoms with Crippen molar-refractivity contribution >= 4 is 5.69 Å². The lowest BCUT2D eigenvalue weighted by Crippen LogP contribution is -2.14. The number of rotatable bonds is 6. The van der Waals surface area contributed by atoms with E-state index in [1.807, 2.05) is 0 Å². The highest BCUT2D eigenvalue weighted by atomic mass is 14.9. The maximum absolute atomic E-state index is 3.39. The van der Waals surface area contributed by atoms with E-state index in [0.717, 1.165) is 13.1 Å². The first-order valence-electron chi connectivity index (χ1n) is 5.78. The zero-order valence-corrected chi connectivity index (χ0v) is 10.0. The van der Waals surface area contributed by atoms with Crippen molar-refractivity contribution in [3.05, 3.63) is 29.8 Å². The second-order valence-electron chi connectivity index (χ2n) is 4.17. The third kappa shape index (κ3) is 4.84. The Morgan fingerprint density at radius 2 is 1.80 bits per heavy atom. The molecule has 0 aliphatic heterocycles. The molecular weight excluding hydrogens is 184 g/mol. The van der Waals surface area contributed by atoms with Gasteiger partial charge in [0.2, 0.25) is 0 Å². The maximum atomic E-state index is 3.39. The zero-order valence-electron chi connectivity index (χ0n) is 10.0. The van der Waals surface area contributed by atoms with Crippen LogP contribution in [0.2, 0.25) is 0 Å². The van der Waals surface area contributed by atoms with Gasteiger partial charge in [-0.15, -0.1) is 0 Å². The molecule has 0 unspecified atom stereocenters. The van der Waals surface area contributed by atoms with Crippen LogP contribution >= 0.6 is 0 Å². The van der Waals surface area contributed by atoms with Gasteiger partial charge >= 0.3 is 0 Å². The summed E-state index contributed by atoms with van der Waals surface area (Å²) in [6.07, 6.45) is 1.19. The summed E-state index contributed by atoms with van der Waals surface area (Å²) < 4.78 is 0. The number of nitrogens with one attached hydrogen (secondary N) is 2. The van der Waals surface area contributed by atoms with Crippen LogP contribution in [-0.4, -0.2) is 12.6 Å². The van der Waals surface area contributed by atoms with Crippen LogP contribution in [-0.2, 0) is 6.54 Å². The molecule has 1 aromatic rings. The van der Waals surface area contributed by atoms with Crippen LogP contribution in [0.4, 0.5) is 5.69 Å². The minimum absolute atomic E-state index is 0.495. The molecule has 0 radical (unpaired) electrons. The number of hydrogen-bond acceptors (Lipinski definition) is 2. The molecule has 0 atom stereocenters. The fraction of sp³-hybridized carbons (Fsp3) is 0.538. The van der Waals surface area contributed by atoms with E-state index in [1.165, 1.54) is 17.7 Å². The fourth-order valence-electron chi connectivity index (χ4n) is 1.46. The largest absolute Gasteiger partial charge is 0.383 e. The van der Waals surface area contributed by atoms with Crippen LogP contribution in [0.5, 0.6) is 0 Å². The molecule has 0 aliphatic rings. The number of benzene rings is 1. The molecular formula is C13H22N2. The Hall–Kier alpha value is -1.02. The standard InChI is InChI=1S/C13H22N2/c1-4-9-14-10-12-5-7-13(8-6-12)15-11(2)3/h5-8,11,14-15H,4,9-10H2,1-3H3. The van der Waals surface area contributed by atoms with Gasteiger partial charge in [-0.2, -0.15) is 0 Å². The molecule has 2 N–H and O–H groups in total. The highest BCUT2D eigenvalue weighted by Crippen LogP contribution is 2.10. The fourth-order valence-corrected chi connectivity index (χ4v) is 1.46. The van der Waals surface area contributed by atoms with Gasteiger partial charge in [-0.3, -0.25) is 0 Å². The molecule has 1 rings (SSSR count). The van der Waals surface area contributed by atoms with Crippen molar-refractivity contribution in [1.82, 2.24) is 5.32 Å². The monoisotopic (exact) mass is 206 g/mol. The molecule has 0 aliphatic carbocycles. The van der Waals surface area contributed by atoms with E-state index in [-0.39, 0.29) is 0 Å². The van der Waals surface area contributed by atoms with E-state index in [1.54, 1.807) is 0 Å². The smallest absolute Gasteiger partial charge is 0.0342 e. The predicted molar refractivity (Wildman–Crippen MR) is 67.2 cm³/mol. The van der Waals surface area contributed by atoms with E-state index < -0.39 is 0 Å². The second kappa shape index (κ2) is 6.46. The van der Waals surface area contributed by atoms with E-state index in [2.05, 4.69) is 55.7 Å². The molecule has 1 aromatic carbocycles. The molecule has 15 heavy (non-hydrogen) atoms. The number of hydrogen-bond donors (Lipinski definition) is 2. The quantitative estimate of drug-likeness (QED) is 0.699. The van der Waals surface area contributed by atoms with E-state index >= 15 is 0 Å². The summed E-state index contributed by atoms with van der Waals surface area (Å²) in [6, 6.07) is 9.13. The van der Waals surface area contributed by atoms with Crippen LogP contribution in [0.3, 0.4) is 0 Å². The number of anilines is 1. The van der Waals surface area contributed by atoms with Crippen LogP contribution in [0, 0.1) is 0 Å². The SMILES string of the molecule is CCCNCc1ccc(NC(C)C)cc1. The third-order valence-corrected chi connectivity index (χ3v) is 2.17. The molecule has 0 spiro atoms. The predicted octanol–water partition coefficient (Wildman–Crippen LogP) is 3.01. The highest BCUT2D eigenvalue weighted by Gasteiger charge is 1.95. The van der Waals surface area contributed by atoms with Gasteiger partial charge in [0.05, 0.1) is 0 Å². The molecule has 0 bridgehead atoms. The van der Waals surface area contributed by atoms with Gasteiger partial charge in [-0.1, -0.05) is 19.1 Å². The molecule has 0 amide bonds.